The monoisotopic (exact) mass is 590 g/mol. The fourth-order valence-electron chi connectivity index (χ4n) is 3.75. The van der Waals surface area contributed by atoms with Crippen molar-refractivity contribution < 1.29 is 44.4 Å². The highest BCUT2D eigenvalue weighted by molar-refractivity contribution is 7.98. The van der Waals surface area contributed by atoms with Crippen molar-refractivity contribution in [2.24, 2.45) is 5.73 Å². The van der Waals surface area contributed by atoms with Crippen LogP contribution in [0.4, 0.5) is 0 Å². The highest BCUT2D eigenvalue weighted by Gasteiger charge is 2.31. The van der Waals surface area contributed by atoms with Gasteiger partial charge in [-0.05, 0) is 53.8 Å². The lowest BCUT2D eigenvalue weighted by molar-refractivity contribution is -0.142. The minimum Gasteiger partial charge on any atom is -0.508 e. The van der Waals surface area contributed by atoms with Crippen molar-refractivity contribution in [3.8, 4) is 11.5 Å². The van der Waals surface area contributed by atoms with Gasteiger partial charge in [0.1, 0.15) is 29.6 Å². The molecule has 0 aromatic heterocycles. The maximum Gasteiger partial charge on any atom is 0.326 e. The van der Waals surface area contributed by atoms with Crippen LogP contribution in [0.5, 0.6) is 11.5 Å². The van der Waals surface area contributed by atoms with Gasteiger partial charge in [-0.3, -0.25) is 19.2 Å². The van der Waals surface area contributed by atoms with Crippen LogP contribution in [-0.2, 0) is 36.8 Å². The van der Waals surface area contributed by atoms with Gasteiger partial charge in [0.2, 0.25) is 17.7 Å². The van der Waals surface area contributed by atoms with Crippen molar-refractivity contribution in [2.75, 3.05) is 12.0 Å². The molecular formula is C27H34N4O9S. The third-order valence-corrected chi connectivity index (χ3v) is 6.62. The standard InChI is InChI=1S/C27H34N4O9S/c1-41-11-10-20(25(37)31-22(27(39)40)13-16-4-8-18(33)9-5-16)29-26(38)21(12-15-2-6-17(32)7-3-15)30-24(36)19(28)14-23(34)35/h2-9,19-22,32-33H,10-14,28H2,1H3,(H,29,38)(H,30,36)(H,31,37)(H,34,35)(H,39,40). The SMILES string of the molecule is CSCCC(NC(=O)C(Cc1ccc(O)cc1)NC(=O)C(N)CC(=O)O)C(=O)NC(Cc1ccc(O)cc1)C(=O)O. The molecule has 0 fully saturated rings. The number of carboxylic acid groups (broad SMARTS) is 2. The number of rotatable bonds is 16. The summed E-state index contributed by atoms with van der Waals surface area (Å²) < 4.78 is 0. The van der Waals surface area contributed by atoms with E-state index in [1.165, 1.54) is 60.3 Å². The molecule has 13 nitrogen and oxygen atoms in total. The Hall–Kier alpha value is -4.30. The van der Waals surface area contributed by atoms with Crippen LogP contribution in [0.25, 0.3) is 0 Å². The van der Waals surface area contributed by atoms with Crippen LogP contribution in [-0.4, -0.2) is 86.3 Å². The van der Waals surface area contributed by atoms with Gasteiger partial charge in [-0.25, -0.2) is 4.79 Å². The number of aromatic hydroxyl groups is 2. The zero-order valence-electron chi connectivity index (χ0n) is 22.3. The Kier molecular flexibility index (Phi) is 12.9. The van der Waals surface area contributed by atoms with Gasteiger partial charge in [-0.1, -0.05) is 24.3 Å². The number of phenols is 2. The normalized spacial score (nSPS) is 13.7. The molecule has 0 bridgehead atoms. The molecule has 9 N–H and O–H groups in total. The van der Waals surface area contributed by atoms with Crippen LogP contribution in [0.15, 0.2) is 48.5 Å². The molecule has 14 heteroatoms. The van der Waals surface area contributed by atoms with Gasteiger partial charge in [0.15, 0.2) is 0 Å². The van der Waals surface area contributed by atoms with Gasteiger partial charge in [0.25, 0.3) is 0 Å². The summed E-state index contributed by atoms with van der Waals surface area (Å²) in [7, 11) is 0. The molecule has 4 atom stereocenters. The summed E-state index contributed by atoms with van der Waals surface area (Å²) >= 11 is 1.40. The first-order valence-electron chi connectivity index (χ1n) is 12.6. The number of hydrogen-bond acceptors (Lipinski definition) is 9. The van der Waals surface area contributed by atoms with E-state index in [0.29, 0.717) is 16.9 Å². The van der Waals surface area contributed by atoms with Crippen molar-refractivity contribution in [3.05, 3.63) is 59.7 Å². The molecule has 0 spiro atoms. The summed E-state index contributed by atoms with van der Waals surface area (Å²) in [6, 6.07) is 6.45. The van der Waals surface area contributed by atoms with Gasteiger partial charge in [-0.2, -0.15) is 11.8 Å². The van der Waals surface area contributed by atoms with Crippen molar-refractivity contribution in [1.29, 1.82) is 0 Å². The number of hydrogen-bond donors (Lipinski definition) is 8. The highest BCUT2D eigenvalue weighted by Crippen LogP contribution is 2.14. The Balaban J connectivity index is 2.23. The molecule has 0 radical (unpaired) electrons. The number of benzene rings is 2. The fraction of sp³-hybridized carbons (Fsp3) is 0.370. The zero-order chi connectivity index (χ0) is 30.5. The van der Waals surface area contributed by atoms with E-state index in [1.807, 2.05) is 0 Å². The predicted molar refractivity (Wildman–Crippen MR) is 150 cm³/mol. The number of thioether (sulfide) groups is 1. The van der Waals surface area contributed by atoms with Crippen LogP contribution in [0, 0.1) is 0 Å². The van der Waals surface area contributed by atoms with Crippen molar-refractivity contribution in [1.82, 2.24) is 16.0 Å². The van der Waals surface area contributed by atoms with Crippen molar-refractivity contribution in [3.63, 3.8) is 0 Å². The van der Waals surface area contributed by atoms with E-state index in [9.17, 15) is 39.3 Å². The summed E-state index contributed by atoms with van der Waals surface area (Å²) in [5.41, 5.74) is 6.75. The molecule has 4 unspecified atom stereocenters. The van der Waals surface area contributed by atoms with E-state index < -0.39 is 60.2 Å². The number of aliphatic carboxylic acids is 2. The Bertz CT molecular complexity index is 1210. The molecule has 2 rings (SSSR count). The number of nitrogens with one attached hydrogen (secondary N) is 3. The highest BCUT2D eigenvalue weighted by atomic mass is 32.2. The Morgan fingerprint density at radius 2 is 1.17 bits per heavy atom. The topological polar surface area (TPSA) is 228 Å². The minimum atomic E-state index is -1.44. The summed E-state index contributed by atoms with van der Waals surface area (Å²) in [6.07, 6.45) is 1.11. The molecule has 0 saturated heterocycles. The lowest BCUT2D eigenvalue weighted by Gasteiger charge is -2.25. The van der Waals surface area contributed by atoms with Crippen LogP contribution < -0.4 is 21.7 Å². The van der Waals surface area contributed by atoms with E-state index in [1.54, 1.807) is 6.26 Å². The maximum absolute atomic E-state index is 13.4. The van der Waals surface area contributed by atoms with Crippen molar-refractivity contribution >= 4 is 41.4 Å². The lowest BCUT2D eigenvalue weighted by Crippen LogP contribution is -2.58. The summed E-state index contributed by atoms with van der Waals surface area (Å²) in [5, 5.41) is 45.1. The van der Waals surface area contributed by atoms with Gasteiger partial charge in [-0.15, -0.1) is 0 Å². The summed E-state index contributed by atoms with van der Waals surface area (Å²) in [5.74, 6) is -4.61. The molecule has 2 aromatic carbocycles. The van der Waals surface area contributed by atoms with E-state index in [2.05, 4.69) is 16.0 Å². The number of carboxylic acids is 2. The average molecular weight is 591 g/mol. The number of amides is 3. The summed E-state index contributed by atoms with van der Waals surface area (Å²) in [6.45, 7) is 0. The molecular weight excluding hydrogens is 556 g/mol. The molecule has 0 heterocycles. The van der Waals surface area contributed by atoms with Gasteiger partial charge < -0.3 is 42.1 Å². The number of carbonyl (C=O) groups excluding carboxylic acids is 3. The van der Waals surface area contributed by atoms with E-state index in [4.69, 9.17) is 10.8 Å². The molecule has 3 amide bonds. The first-order valence-corrected chi connectivity index (χ1v) is 13.9. The second-order valence-electron chi connectivity index (χ2n) is 9.25. The largest absolute Gasteiger partial charge is 0.508 e. The molecule has 2 aromatic rings. The third kappa shape index (κ3) is 11.4. The number of phenolic OH excluding ortho intramolecular Hbond substituents is 2. The first kappa shape index (κ1) is 32.9. The van der Waals surface area contributed by atoms with Gasteiger partial charge in [0.05, 0.1) is 12.5 Å². The lowest BCUT2D eigenvalue weighted by atomic mass is 10.0. The Morgan fingerprint density at radius 3 is 1.63 bits per heavy atom. The van der Waals surface area contributed by atoms with Crippen LogP contribution in [0.3, 0.4) is 0 Å². The van der Waals surface area contributed by atoms with Gasteiger partial charge in [0, 0.05) is 12.8 Å². The Morgan fingerprint density at radius 1 is 0.732 bits per heavy atom. The van der Waals surface area contributed by atoms with E-state index >= 15 is 0 Å². The average Bonchev–Trinajstić information content (AvgIpc) is 2.91. The molecule has 0 aliphatic heterocycles. The van der Waals surface area contributed by atoms with Gasteiger partial charge >= 0.3 is 11.9 Å². The van der Waals surface area contributed by atoms with E-state index in [0.717, 1.165) is 0 Å². The fourth-order valence-corrected chi connectivity index (χ4v) is 4.22. The molecule has 41 heavy (non-hydrogen) atoms. The van der Waals surface area contributed by atoms with Crippen LogP contribution >= 0.6 is 11.8 Å². The predicted octanol–water partition coefficient (Wildman–Crippen LogP) is -0.0229. The van der Waals surface area contributed by atoms with Crippen LogP contribution in [0.2, 0.25) is 0 Å². The quantitative estimate of drug-likeness (QED) is 0.129. The first-order chi connectivity index (χ1) is 19.4. The number of carbonyl (C=O) groups is 5. The maximum atomic E-state index is 13.4. The smallest absolute Gasteiger partial charge is 0.326 e. The van der Waals surface area contributed by atoms with E-state index in [-0.39, 0.29) is 30.8 Å². The van der Waals surface area contributed by atoms with Crippen molar-refractivity contribution in [2.45, 2.75) is 49.9 Å². The molecule has 0 aliphatic carbocycles. The zero-order valence-corrected chi connectivity index (χ0v) is 23.1. The minimum absolute atomic E-state index is 0.00219. The molecule has 0 saturated carbocycles. The molecule has 222 valence electrons. The second kappa shape index (κ2) is 16.1. The number of nitrogens with two attached hydrogens (primary N) is 1. The van der Waals surface area contributed by atoms with Crippen LogP contribution in [0.1, 0.15) is 24.0 Å². The second-order valence-corrected chi connectivity index (χ2v) is 10.2. The Labute approximate surface area is 240 Å². The molecule has 0 aliphatic rings. The third-order valence-electron chi connectivity index (χ3n) is 5.97. The summed E-state index contributed by atoms with van der Waals surface area (Å²) in [4.78, 5) is 62.0.